The zero-order valence-electron chi connectivity index (χ0n) is 11.1. The summed E-state index contributed by atoms with van der Waals surface area (Å²) < 4.78 is 0.941. The highest BCUT2D eigenvalue weighted by Gasteiger charge is 2.08. The van der Waals surface area contributed by atoms with E-state index >= 15 is 0 Å². The normalized spacial score (nSPS) is 11.1. The Morgan fingerprint density at radius 1 is 1.53 bits per heavy atom. The van der Waals surface area contributed by atoms with Crippen LogP contribution < -0.4 is 11.1 Å². The van der Waals surface area contributed by atoms with Gasteiger partial charge in [0.05, 0.1) is 10.2 Å². The lowest BCUT2D eigenvalue weighted by Crippen LogP contribution is -2.32. The van der Waals surface area contributed by atoms with Gasteiger partial charge in [-0.1, -0.05) is 18.3 Å². The van der Waals surface area contributed by atoms with Gasteiger partial charge in [0, 0.05) is 18.7 Å². The number of amides is 1. The topological polar surface area (TPSA) is 71.2 Å². The summed E-state index contributed by atoms with van der Waals surface area (Å²) in [7, 11) is 2.03. The molecule has 0 fully saturated rings. The van der Waals surface area contributed by atoms with Crippen LogP contribution in [0.15, 0.2) is 18.2 Å². The Kier molecular flexibility index (Phi) is 4.34. The Balaban J connectivity index is 2.00. The number of anilines is 1. The van der Waals surface area contributed by atoms with Gasteiger partial charge in [-0.25, -0.2) is 4.98 Å². The van der Waals surface area contributed by atoms with E-state index < -0.39 is 0 Å². The molecular weight excluding hydrogens is 260 g/mol. The first-order chi connectivity index (χ1) is 9.10. The van der Waals surface area contributed by atoms with Gasteiger partial charge in [0.1, 0.15) is 0 Å². The number of fused-ring (bicyclic) bond motifs is 1. The molecule has 0 saturated carbocycles. The third-order valence-electron chi connectivity index (χ3n) is 2.99. The molecule has 0 saturated heterocycles. The van der Waals surface area contributed by atoms with Crippen molar-refractivity contribution in [2.24, 2.45) is 0 Å². The number of hydrogen-bond acceptors (Lipinski definition) is 5. The molecule has 2 rings (SSSR count). The van der Waals surface area contributed by atoms with E-state index in [9.17, 15) is 4.79 Å². The fourth-order valence-corrected chi connectivity index (χ4v) is 2.48. The molecule has 19 heavy (non-hydrogen) atoms. The Bertz CT molecular complexity index is 581. The molecule has 0 radical (unpaired) electrons. The second-order valence-electron chi connectivity index (χ2n) is 4.39. The van der Waals surface area contributed by atoms with Crippen molar-refractivity contribution in [2.45, 2.75) is 6.92 Å². The van der Waals surface area contributed by atoms with Gasteiger partial charge in [-0.3, -0.25) is 4.79 Å². The van der Waals surface area contributed by atoms with Crippen LogP contribution in [0, 0.1) is 0 Å². The molecule has 0 atom stereocenters. The number of thiazole rings is 1. The summed E-state index contributed by atoms with van der Waals surface area (Å²) in [6, 6.07) is 5.44. The van der Waals surface area contributed by atoms with Crippen LogP contribution in [0.1, 0.15) is 17.3 Å². The molecule has 102 valence electrons. The molecule has 0 spiro atoms. The quantitative estimate of drug-likeness (QED) is 0.870. The van der Waals surface area contributed by atoms with E-state index in [-0.39, 0.29) is 5.91 Å². The predicted molar refractivity (Wildman–Crippen MR) is 79.5 cm³/mol. The molecule has 1 aromatic heterocycles. The SMILES string of the molecule is CCN(C)CCNC(=O)c1ccc2nc(N)sc2c1. The van der Waals surface area contributed by atoms with Crippen molar-refractivity contribution in [1.82, 2.24) is 15.2 Å². The Morgan fingerprint density at radius 3 is 3.05 bits per heavy atom. The molecule has 0 aliphatic rings. The molecule has 3 N–H and O–H groups in total. The van der Waals surface area contributed by atoms with Crippen molar-refractivity contribution in [1.29, 1.82) is 0 Å². The lowest BCUT2D eigenvalue weighted by atomic mass is 10.2. The lowest BCUT2D eigenvalue weighted by molar-refractivity contribution is 0.0950. The maximum absolute atomic E-state index is 12.0. The number of aromatic nitrogens is 1. The van der Waals surface area contributed by atoms with Crippen molar-refractivity contribution in [3.8, 4) is 0 Å². The number of carbonyl (C=O) groups is 1. The van der Waals surface area contributed by atoms with E-state index in [1.165, 1.54) is 11.3 Å². The van der Waals surface area contributed by atoms with Crippen LogP contribution in [0.3, 0.4) is 0 Å². The minimum absolute atomic E-state index is 0.0571. The average Bonchev–Trinajstić information content (AvgIpc) is 2.77. The van der Waals surface area contributed by atoms with E-state index in [1.54, 1.807) is 6.07 Å². The minimum atomic E-state index is -0.0571. The van der Waals surface area contributed by atoms with Gasteiger partial charge in [0.25, 0.3) is 5.91 Å². The molecule has 5 nitrogen and oxygen atoms in total. The summed E-state index contributed by atoms with van der Waals surface area (Å²) in [4.78, 5) is 18.3. The largest absolute Gasteiger partial charge is 0.375 e. The Hall–Kier alpha value is -1.66. The molecule has 0 aliphatic carbocycles. The molecule has 2 aromatic rings. The van der Waals surface area contributed by atoms with Crippen molar-refractivity contribution < 1.29 is 4.79 Å². The maximum atomic E-state index is 12.0. The highest BCUT2D eigenvalue weighted by atomic mass is 32.1. The number of hydrogen-bond donors (Lipinski definition) is 2. The van der Waals surface area contributed by atoms with Crippen molar-refractivity contribution in [3.05, 3.63) is 23.8 Å². The highest BCUT2D eigenvalue weighted by molar-refractivity contribution is 7.22. The fourth-order valence-electron chi connectivity index (χ4n) is 1.70. The molecule has 0 bridgehead atoms. The number of nitrogens with one attached hydrogen (secondary N) is 1. The predicted octanol–water partition coefficient (Wildman–Crippen LogP) is 1.56. The Labute approximate surface area is 116 Å². The van der Waals surface area contributed by atoms with Crippen LogP contribution in [0.2, 0.25) is 0 Å². The lowest BCUT2D eigenvalue weighted by Gasteiger charge is -2.13. The molecule has 6 heteroatoms. The van der Waals surface area contributed by atoms with E-state index in [1.807, 2.05) is 19.2 Å². The maximum Gasteiger partial charge on any atom is 0.251 e. The van der Waals surface area contributed by atoms with Crippen LogP contribution in [-0.2, 0) is 0 Å². The van der Waals surface area contributed by atoms with Crippen LogP contribution in [0.4, 0.5) is 5.13 Å². The monoisotopic (exact) mass is 278 g/mol. The number of benzene rings is 1. The summed E-state index contributed by atoms with van der Waals surface area (Å²) in [5, 5.41) is 3.43. The second kappa shape index (κ2) is 5.99. The number of nitrogens with zero attached hydrogens (tertiary/aromatic N) is 2. The van der Waals surface area contributed by atoms with Crippen LogP contribution in [0.25, 0.3) is 10.2 Å². The summed E-state index contributed by atoms with van der Waals surface area (Å²) in [5.74, 6) is -0.0571. The van der Waals surface area contributed by atoms with Gasteiger partial charge in [-0.2, -0.15) is 0 Å². The third kappa shape index (κ3) is 3.42. The third-order valence-corrected chi connectivity index (χ3v) is 3.83. The number of rotatable bonds is 5. The standard InChI is InChI=1S/C13H18N4OS/c1-3-17(2)7-6-15-12(18)9-4-5-10-11(8-9)19-13(14)16-10/h4-5,8H,3,6-7H2,1-2H3,(H2,14,16)(H,15,18). The first-order valence-corrected chi connectivity index (χ1v) is 7.04. The fraction of sp³-hybridized carbons (Fsp3) is 0.385. The summed E-state index contributed by atoms with van der Waals surface area (Å²) >= 11 is 1.39. The number of nitrogen functional groups attached to an aromatic ring is 1. The van der Waals surface area contributed by atoms with E-state index in [2.05, 4.69) is 22.1 Å². The number of nitrogens with two attached hydrogens (primary N) is 1. The Morgan fingerprint density at radius 2 is 2.32 bits per heavy atom. The van der Waals surface area contributed by atoms with E-state index in [0.717, 1.165) is 23.3 Å². The van der Waals surface area contributed by atoms with Gasteiger partial charge >= 0.3 is 0 Å². The van der Waals surface area contributed by atoms with Crippen LogP contribution in [-0.4, -0.2) is 42.5 Å². The summed E-state index contributed by atoms with van der Waals surface area (Å²) in [6.07, 6.45) is 0. The zero-order chi connectivity index (χ0) is 13.8. The molecule has 1 amide bonds. The summed E-state index contributed by atoms with van der Waals surface area (Å²) in [6.45, 7) is 4.55. The van der Waals surface area contributed by atoms with Gasteiger partial charge in [-0.15, -0.1) is 0 Å². The van der Waals surface area contributed by atoms with Crippen LogP contribution in [0.5, 0.6) is 0 Å². The van der Waals surface area contributed by atoms with Crippen molar-refractivity contribution in [2.75, 3.05) is 32.4 Å². The van der Waals surface area contributed by atoms with Gasteiger partial charge in [0.15, 0.2) is 5.13 Å². The van der Waals surface area contributed by atoms with E-state index in [0.29, 0.717) is 17.2 Å². The smallest absolute Gasteiger partial charge is 0.251 e. The molecule has 1 heterocycles. The first kappa shape index (κ1) is 13.8. The highest BCUT2D eigenvalue weighted by Crippen LogP contribution is 2.24. The van der Waals surface area contributed by atoms with Gasteiger partial charge < -0.3 is 16.0 Å². The summed E-state index contributed by atoms with van der Waals surface area (Å²) in [5.41, 5.74) is 7.13. The molecule has 0 aliphatic heterocycles. The zero-order valence-corrected chi connectivity index (χ0v) is 12.0. The number of carbonyl (C=O) groups excluding carboxylic acids is 1. The van der Waals surface area contributed by atoms with Gasteiger partial charge in [0.2, 0.25) is 0 Å². The minimum Gasteiger partial charge on any atom is -0.375 e. The average molecular weight is 278 g/mol. The second-order valence-corrected chi connectivity index (χ2v) is 5.45. The number of likely N-dealkylation sites (N-methyl/N-ethyl adjacent to an activating group) is 1. The van der Waals surface area contributed by atoms with Crippen LogP contribution >= 0.6 is 11.3 Å². The van der Waals surface area contributed by atoms with Gasteiger partial charge in [-0.05, 0) is 31.8 Å². The molecule has 0 unspecified atom stereocenters. The van der Waals surface area contributed by atoms with Crippen molar-refractivity contribution in [3.63, 3.8) is 0 Å². The van der Waals surface area contributed by atoms with Crippen molar-refractivity contribution >= 4 is 32.6 Å². The first-order valence-electron chi connectivity index (χ1n) is 6.23. The molecule has 1 aromatic carbocycles. The van der Waals surface area contributed by atoms with E-state index in [4.69, 9.17) is 5.73 Å². The molecular formula is C13H18N4OS.